The zero-order valence-electron chi connectivity index (χ0n) is 9.48. The molecule has 2 nitrogen and oxygen atoms in total. The van der Waals surface area contributed by atoms with Gasteiger partial charge in [-0.25, -0.2) is 0 Å². The van der Waals surface area contributed by atoms with Crippen LogP contribution in [0.5, 0.6) is 0 Å². The Bertz CT molecular complexity index is 730. The van der Waals surface area contributed by atoms with Gasteiger partial charge in [0.25, 0.3) is 5.24 Å². The Hall–Kier alpha value is -2.06. The van der Waals surface area contributed by atoms with Crippen molar-refractivity contribution in [3.05, 3.63) is 60.3 Å². The maximum atomic E-state index is 11.5. The molecule has 0 spiro atoms. The molecule has 0 aliphatic rings. The number of halogens is 1. The minimum atomic E-state index is -0.434. The molecule has 0 saturated heterocycles. The topological polar surface area (TPSA) is 32.9 Å². The first-order valence-corrected chi connectivity index (χ1v) is 6.00. The second-order valence-electron chi connectivity index (χ2n) is 4.07. The fourth-order valence-electron chi connectivity index (χ4n) is 2.18. The number of rotatable bonds is 2. The first kappa shape index (κ1) is 11.1. The van der Waals surface area contributed by atoms with Crippen molar-refractivity contribution < 1.29 is 4.79 Å². The van der Waals surface area contributed by atoms with Crippen LogP contribution >= 0.6 is 11.6 Å². The average Bonchev–Trinajstić information content (AvgIpc) is 2.82. The number of fused-ring (bicyclic) bond motifs is 1. The zero-order valence-corrected chi connectivity index (χ0v) is 10.2. The van der Waals surface area contributed by atoms with E-state index in [4.69, 9.17) is 11.6 Å². The van der Waals surface area contributed by atoms with Crippen LogP contribution in [0.25, 0.3) is 22.0 Å². The van der Waals surface area contributed by atoms with Crippen molar-refractivity contribution in [3.8, 4) is 11.1 Å². The van der Waals surface area contributed by atoms with Crippen molar-refractivity contribution in [3.63, 3.8) is 0 Å². The molecular formula is C15H10ClNO. The van der Waals surface area contributed by atoms with Gasteiger partial charge in [-0.2, -0.15) is 0 Å². The summed E-state index contributed by atoms with van der Waals surface area (Å²) in [7, 11) is 0. The molecule has 2 aromatic carbocycles. The lowest BCUT2D eigenvalue weighted by Gasteiger charge is -2.04. The lowest BCUT2D eigenvalue weighted by Crippen LogP contribution is -1.92. The largest absolute Gasteiger partial charge is 0.361 e. The van der Waals surface area contributed by atoms with Gasteiger partial charge in [-0.1, -0.05) is 36.4 Å². The number of para-hydroxylation sites is 1. The minimum Gasteiger partial charge on any atom is -0.361 e. The number of benzene rings is 2. The van der Waals surface area contributed by atoms with E-state index in [-0.39, 0.29) is 0 Å². The number of aromatic amines is 1. The number of nitrogens with one attached hydrogen (secondary N) is 1. The number of carbonyl (C=O) groups is 1. The summed E-state index contributed by atoms with van der Waals surface area (Å²) < 4.78 is 0. The van der Waals surface area contributed by atoms with Gasteiger partial charge >= 0.3 is 0 Å². The SMILES string of the molecule is O=C(Cl)c1ccccc1-c1c[nH]c2ccccc12. The van der Waals surface area contributed by atoms with E-state index in [9.17, 15) is 4.79 Å². The van der Waals surface area contributed by atoms with Crippen LogP contribution in [-0.4, -0.2) is 10.2 Å². The second-order valence-corrected chi connectivity index (χ2v) is 4.41. The van der Waals surface area contributed by atoms with Crippen LogP contribution in [0.1, 0.15) is 10.4 Å². The molecule has 3 rings (SSSR count). The summed E-state index contributed by atoms with van der Waals surface area (Å²) in [6.07, 6.45) is 1.91. The molecule has 0 bridgehead atoms. The minimum absolute atomic E-state index is 0.434. The van der Waals surface area contributed by atoms with E-state index in [2.05, 4.69) is 4.98 Å². The third-order valence-electron chi connectivity index (χ3n) is 3.02. The Morgan fingerprint density at radius 3 is 2.50 bits per heavy atom. The maximum absolute atomic E-state index is 11.5. The summed E-state index contributed by atoms with van der Waals surface area (Å²) in [6, 6.07) is 15.3. The molecular weight excluding hydrogens is 246 g/mol. The Balaban J connectivity index is 2.30. The van der Waals surface area contributed by atoms with Crippen LogP contribution in [0.2, 0.25) is 0 Å². The van der Waals surface area contributed by atoms with Gasteiger partial charge in [0.15, 0.2) is 0 Å². The van der Waals surface area contributed by atoms with Crippen LogP contribution in [0.15, 0.2) is 54.7 Å². The highest BCUT2D eigenvalue weighted by Gasteiger charge is 2.12. The standard InChI is InChI=1S/C15H10ClNO/c16-15(18)12-7-2-1-5-10(12)13-9-17-14-8-4-3-6-11(13)14/h1-9,17H. The Labute approximate surface area is 109 Å². The summed E-state index contributed by atoms with van der Waals surface area (Å²) in [6.45, 7) is 0. The number of aromatic nitrogens is 1. The van der Waals surface area contributed by atoms with Crippen molar-refractivity contribution in [2.45, 2.75) is 0 Å². The van der Waals surface area contributed by atoms with E-state index in [1.807, 2.05) is 48.7 Å². The van der Waals surface area contributed by atoms with Crippen molar-refractivity contribution in [1.82, 2.24) is 4.98 Å². The van der Waals surface area contributed by atoms with E-state index in [1.54, 1.807) is 6.07 Å². The van der Waals surface area contributed by atoms with E-state index in [1.165, 1.54) is 0 Å². The van der Waals surface area contributed by atoms with Crippen LogP contribution in [0.3, 0.4) is 0 Å². The molecule has 0 radical (unpaired) electrons. The van der Waals surface area contributed by atoms with Gasteiger partial charge < -0.3 is 4.98 Å². The quantitative estimate of drug-likeness (QED) is 0.684. The van der Waals surface area contributed by atoms with Crippen LogP contribution in [0, 0.1) is 0 Å². The summed E-state index contributed by atoms with van der Waals surface area (Å²) in [5.74, 6) is 0. The number of hydrogen-bond donors (Lipinski definition) is 1. The zero-order chi connectivity index (χ0) is 12.5. The Kier molecular flexibility index (Phi) is 2.65. The molecule has 1 heterocycles. The molecule has 1 N–H and O–H groups in total. The molecule has 0 aliphatic heterocycles. The molecule has 3 aromatic rings. The smallest absolute Gasteiger partial charge is 0.253 e. The van der Waals surface area contributed by atoms with Crippen LogP contribution in [0.4, 0.5) is 0 Å². The summed E-state index contributed by atoms with van der Waals surface area (Å²) in [5.41, 5.74) is 3.43. The summed E-state index contributed by atoms with van der Waals surface area (Å²) >= 11 is 5.63. The Morgan fingerprint density at radius 1 is 0.944 bits per heavy atom. The van der Waals surface area contributed by atoms with Gasteiger partial charge in [-0.3, -0.25) is 4.79 Å². The van der Waals surface area contributed by atoms with Gasteiger partial charge in [-0.15, -0.1) is 0 Å². The van der Waals surface area contributed by atoms with Gasteiger partial charge in [-0.05, 0) is 29.3 Å². The fraction of sp³-hybridized carbons (Fsp3) is 0. The monoisotopic (exact) mass is 255 g/mol. The predicted octanol–water partition coefficient (Wildman–Crippen LogP) is 4.21. The van der Waals surface area contributed by atoms with E-state index < -0.39 is 5.24 Å². The van der Waals surface area contributed by atoms with Crippen molar-refractivity contribution >= 4 is 27.7 Å². The van der Waals surface area contributed by atoms with Gasteiger partial charge in [0.1, 0.15) is 0 Å². The van der Waals surface area contributed by atoms with E-state index in [0.29, 0.717) is 5.56 Å². The molecule has 1 aromatic heterocycles. The van der Waals surface area contributed by atoms with Gasteiger partial charge in [0.05, 0.1) is 0 Å². The normalized spacial score (nSPS) is 10.7. The molecule has 0 fully saturated rings. The van der Waals surface area contributed by atoms with Crippen LogP contribution in [-0.2, 0) is 0 Å². The maximum Gasteiger partial charge on any atom is 0.253 e. The molecule has 0 saturated carbocycles. The lowest BCUT2D eigenvalue weighted by atomic mass is 10.00. The Morgan fingerprint density at radius 2 is 1.67 bits per heavy atom. The molecule has 0 unspecified atom stereocenters. The summed E-state index contributed by atoms with van der Waals surface area (Å²) in [4.78, 5) is 14.7. The molecule has 0 atom stereocenters. The molecule has 88 valence electrons. The second kappa shape index (κ2) is 4.31. The third kappa shape index (κ3) is 1.71. The van der Waals surface area contributed by atoms with Crippen molar-refractivity contribution in [2.24, 2.45) is 0 Å². The van der Waals surface area contributed by atoms with Crippen molar-refractivity contribution in [2.75, 3.05) is 0 Å². The first-order valence-electron chi connectivity index (χ1n) is 5.63. The molecule has 0 aliphatic carbocycles. The number of H-pyrrole nitrogens is 1. The number of hydrogen-bond acceptors (Lipinski definition) is 1. The third-order valence-corrected chi connectivity index (χ3v) is 3.22. The first-order chi connectivity index (χ1) is 8.77. The highest BCUT2D eigenvalue weighted by atomic mass is 35.5. The highest BCUT2D eigenvalue weighted by Crippen LogP contribution is 2.31. The highest BCUT2D eigenvalue weighted by molar-refractivity contribution is 6.68. The van der Waals surface area contributed by atoms with Crippen LogP contribution < -0.4 is 0 Å². The fourth-order valence-corrected chi connectivity index (χ4v) is 2.35. The summed E-state index contributed by atoms with van der Waals surface area (Å²) in [5, 5.41) is 0.652. The molecule has 3 heteroatoms. The van der Waals surface area contributed by atoms with Gasteiger partial charge in [0, 0.05) is 28.2 Å². The number of carbonyl (C=O) groups excluding carboxylic acids is 1. The van der Waals surface area contributed by atoms with Gasteiger partial charge in [0.2, 0.25) is 0 Å². The van der Waals surface area contributed by atoms with E-state index >= 15 is 0 Å². The molecule has 0 amide bonds. The van der Waals surface area contributed by atoms with E-state index in [0.717, 1.165) is 22.0 Å². The predicted molar refractivity (Wildman–Crippen MR) is 73.9 cm³/mol. The van der Waals surface area contributed by atoms with Crippen molar-refractivity contribution in [1.29, 1.82) is 0 Å². The lowest BCUT2D eigenvalue weighted by molar-refractivity contribution is 0.108. The molecule has 18 heavy (non-hydrogen) atoms. The average molecular weight is 256 g/mol.